The molecule has 7 heteroatoms. The first-order valence-electron chi connectivity index (χ1n) is 7.44. The van der Waals surface area contributed by atoms with Crippen molar-refractivity contribution in [1.29, 1.82) is 0 Å². The number of alkyl halides is 1. The average molecular weight is 332 g/mol. The molecule has 0 aromatic heterocycles. The van der Waals surface area contributed by atoms with E-state index >= 15 is 0 Å². The fourth-order valence-corrected chi connectivity index (χ4v) is 2.95. The molecule has 2 rings (SSSR count). The normalized spacial score (nSPS) is 24.3. The summed E-state index contributed by atoms with van der Waals surface area (Å²) in [6, 6.07) is 0. The molecule has 2 aliphatic heterocycles. The van der Waals surface area contributed by atoms with Gasteiger partial charge in [0.15, 0.2) is 5.50 Å². The van der Waals surface area contributed by atoms with Gasteiger partial charge in [-0.1, -0.05) is 11.6 Å². The summed E-state index contributed by atoms with van der Waals surface area (Å²) in [5.74, 6) is -0.595. The second kappa shape index (κ2) is 6.46. The van der Waals surface area contributed by atoms with E-state index in [2.05, 4.69) is 5.32 Å². The van der Waals surface area contributed by atoms with Crippen LogP contribution in [0.3, 0.4) is 0 Å². The van der Waals surface area contributed by atoms with Gasteiger partial charge < -0.3 is 15.8 Å². The zero-order valence-corrected chi connectivity index (χ0v) is 13.9. The smallest absolute Gasteiger partial charge is 0.416 e. The van der Waals surface area contributed by atoms with Crippen molar-refractivity contribution in [3.8, 4) is 0 Å². The maximum absolute atomic E-state index is 14.0. The minimum atomic E-state index is -1.22. The molecule has 0 aromatic carbocycles. The number of hydrogen-bond acceptors (Lipinski definition) is 4. The molecule has 1 atom stereocenters. The lowest BCUT2D eigenvalue weighted by molar-refractivity contribution is 0.0264. The van der Waals surface area contributed by atoms with Crippen molar-refractivity contribution in [2.24, 2.45) is 11.7 Å². The number of carbonyl (C=O) groups is 1. The van der Waals surface area contributed by atoms with Crippen LogP contribution in [-0.4, -0.2) is 35.2 Å². The highest BCUT2D eigenvalue weighted by Gasteiger charge is 2.39. The van der Waals surface area contributed by atoms with E-state index in [0.717, 1.165) is 30.8 Å². The van der Waals surface area contributed by atoms with Gasteiger partial charge >= 0.3 is 6.09 Å². The highest BCUT2D eigenvalue weighted by Crippen LogP contribution is 2.36. The van der Waals surface area contributed by atoms with Crippen molar-refractivity contribution in [3.05, 3.63) is 23.3 Å². The standard InChI is InChI=1S/C15H23ClFN3O2/c1-15(2,3)22-14(21)20-12(9-4-6-19-7-5-9)11(18)8-10(17)13(20)16/h8-9,13,19H,4-7,18H2,1-3H3. The third-order valence-corrected chi connectivity index (χ3v) is 4.02. The second-order valence-corrected chi connectivity index (χ2v) is 6.99. The van der Waals surface area contributed by atoms with Crippen LogP contribution in [-0.2, 0) is 4.74 Å². The molecule has 2 aliphatic rings. The maximum atomic E-state index is 14.0. The molecule has 1 saturated heterocycles. The van der Waals surface area contributed by atoms with Gasteiger partial charge in [-0.2, -0.15) is 0 Å². The zero-order chi connectivity index (χ0) is 16.5. The van der Waals surface area contributed by atoms with Gasteiger partial charge in [-0.15, -0.1) is 0 Å². The van der Waals surface area contributed by atoms with Gasteiger partial charge in [-0.25, -0.2) is 9.18 Å². The molecule has 3 N–H and O–H groups in total. The summed E-state index contributed by atoms with van der Waals surface area (Å²) in [4.78, 5) is 13.6. The highest BCUT2D eigenvalue weighted by molar-refractivity contribution is 6.23. The number of ether oxygens (including phenoxy) is 1. The SMILES string of the molecule is CC(C)(C)OC(=O)N1C(C2CCNCC2)=C(N)C=C(F)C1Cl. The lowest BCUT2D eigenvalue weighted by atomic mass is 9.91. The fourth-order valence-electron chi connectivity index (χ4n) is 2.71. The van der Waals surface area contributed by atoms with E-state index in [1.54, 1.807) is 20.8 Å². The summed E-state index contributed by atoms with van der Waals surface area (Å²) in [5, 5.41) is 3.25. The first kappa shape index (κ1) is 17.1. The summed E-state index contributed by atoms with van der Waals surface area (Å²) < 4.78 is 19.3. The first-order chi connectivity index (χ1) is 10.2. The molecular weight excluding hydrogens is 309 g/mol. The van der Waals surface area contributed by atoms with Crippen molar-refractivity contribution in [1.82, 2.24) is 10.2 Å². The number of rotatable bonds is 1. The van der Waals surface area contributed by atoms with Crippen molar-refractivity contribution < 1.29 is 13.9 Å². The minimum Gasteiger partial charge on any atom is -0.443 e. The van der Waals surface area contributed by atoms with Crippen molar-refractivity contribution in [3.63, 3.8) is 0 Å². The summed E-state index contributed by atoms with van der Waals surface area (Å²) in [6.45, 7) is 6.90. The van der Waals surface area contributed by atoms with Crippen LogP contribution in [0, 0.1) is 5.92 Å². The predicted molar refractivity (Wildman–Crippen MR) is 83.7 cm³/mol. The number of nitrogens with one attached hydrogen (secondary N) is 1. The first-order valence-corrected chi connectivity index (χ1v) is 7.88. The van der Waals surface area contributed by atoms with Gasteiger partial charge in [0.25, 0.3) is 0 Å². The van der Waals surface area contributed by atoms with Crippen LogP contribution in [0.2, 0.25) is 0 Å². The molecule has 0 aromatic rings. The molecular formula is C15H23ClFN3O2. The summed E-state index contributed by atoms with van der Waals surface area (Å²) in [5.41, 5.74) is 4.89. The predicted octanol–water partition coefficient (Wildman–Crippen LogP) is 2.83. The van der Waals surface area contributed by atoms with E-state index in [9.17, 15) is 9.18 Å². The number of nitrogens with two attached hydrogens (primary N) is 1. The molecule has 0 spiro atoms. The molecule has 0 aliphatic carbocycles. The zero-order valence-electron chi connectivity index (χ0n) is 13.2. The van der Waals surface area contributed by atoms with Crippen molar-refractivity contribution in [2.75, 3.05) is 13.1 Å². The number of nitrogens with zero attached hydrogens (tertiary/aromatic N) is 1. The van der Waals surface area contributed by atoms with Crippen LogP contribution in [0.4, 0.5) is 9.18 Å². The molecule has 5 nitrogen and oxygen atoms in total. The topological polar surface area (TPSA) is 67.6 Å². The third-order valence-electron chi connectivity index (χ3n) is 3.62. The maximum Gasteiger partial charge on any atom is 0.416 e. The Hall–Kier alpha value is -1.27. The number of carbonyl (C=O) groups excluding carboxylic acids is 1. The Morgan fingerprint density at radius 2 is 2.05 bits per heavy atom. The summed E-state index contributed by atoms with van der Waals surface area (Å²) >= 11 is 6.11. The van der Waals surface area contributed by atoms with E-state index in [1.165, 1.54) is 6.08 Å². The van der Waals surface area contributed by atoms with Crippen molar-refractivity contribution >= 4 is 17.7 Å². The molecule has 22 heavy (non-hydrogen) atoms. The van der Waals surface area contributed by atoms with Gasteiger partial charge in [0.2, 0.25) is 0 Å². The Morgan fingerprint density at radius 3 is 2.59 bits per heavy atom. The molecule has 0 radical (unpaired) electrons. The van der Waals surface area contributed by atoms with Gasteiger partial charge in [0.1, 0.15) is 11.4 Å². The fraction of sp³-hybridized carbons (Fsp3) is 0.667. The van der Waals surface area contributed by atoms with E-state index in [-0.39, 0.29) is 11.6 Å². The van der Waals surface area contributed by atoms with Gasteiger partial charge in [-0.05, 0) is 52.8 Å². The average Bonchev–Trinajstić information content (AvgIpc) is 2.41. The van der Waals surface area contributed by atoms with E-state index in [0.29, 0.717) is 5.70 Å². The second-order valence-electron chi connectivity index (χ2n) is 6.58. The molecule has 0 saturated carbocycles. The van der Waals surface area contributed by atoms with E-state index < -0.39 is 23.0 Å². The number of piperidine rings is 1. The molecule has 0 bridgehead atoms. The monoisotopic (exact) mass is 331 g/mol. The third kappa shape index (κ3) is 3.73. The van der Waals surface area contributed by atoms with Gasteiger partial charge in [0, 0.05) is 5.92 Å². The van der Waals surface area contributed by atoms with Crippen LogP contribution < -0.4 is 11.1 Å². The van der Waals surface area contributed by atoms with E-state index in [4.69, 9.17) is 22.1 Å². The van der Waals surface area contributed by atoms with Crippen LogP contribution in [0.15, 0.2) is 23.3 Å². The quantitative estimate of drug-likeness (QED) is 0.572. The Balaban J connectivity index is 2.34. The summed E-state index contributed by atoms with van der Waals surface area (Å²) in [7, 11) is 0. The van der Waals surface area contributed by atoms with Crippen LogP contribution in [0.1, 0.15) is 33.6 Å². The lowest BCUT2D eigenvalue weighted by Crippen LogP contribution is -2.46. The largest absolute Gasteiger partial charge is 0.443 e. The molecule has 1 unspecified atom stereocenters. The highest BCUT2D eigenvalue weighted by atomic mass is 35.5. The number of allylic oxidation sites excluding steroid dienone is 2. The van der Waals surface area contributed by atoms with Crippen LogP contribution >= 0.6 is 11.6 Å². The Morgan fingerprint density at radius 1 is 1.45 bits per heavy atom. The van der Waals surface area contributed by atoms with Gasteiger partial charge in [-0.3, -0.25) is 4.90 Å². The summed E-state index contributed by atoms with van der Waals surface area (Å²) in [6.07, 6.45) is 2.16. The number of amides is 1. The van der Waals surface area contributed by atoms with E-state index in [1.807, 2.05) is 0 Å². The van der Waals surface area contributed by atoms with Crippen LogP contribution in [0.5, 0.6) is 0 Å². The Bertz CT molecular complexity index is 507. The molecule has 124 valence electrons. The van der Waals surface area contributed by atoms with Crippen molar-refractivity contribution in [2.45, 2.75) is 44.7 Å². The Kier molecular flexibility index (Phi) is 5.02. The number of halogens is 2. The molecule has 1 fully saturated rings. The minimum absolute atomic E-state index is 0.0550. The lowest BCUT2D eigenvalue weighted by Gasteiger charge is -2.38. The number of hydrogen-bond donors (Lipinski definition) is 2. The van der Waals surface area contributed by atoms with Gasteiger partial charge in [0.05, 0.1) is 11.4 Å². The van der Waals surface area contributed by atoms with Crippen LogP contribution in [0.25, 0.3) is 0 Å². The molecule has 1 amide bonds. The Labute approximate surface area is 135 Å². The molecule has 2 heterocycles.